The lowest BCUT2D eigenvalue weighted by molar-refractivity contribution is 0.850. The van der Waals surface area contributed by atoms with Crippen LogP contribution in [0.2, 0.25) is 0 Å². The van der Waals surface area contributed by atoms with E-state index < -0.39 is 0 Å². The number of hydrogen-bond donors (Lipinski definition) is 1. The number of para-hydroxylation sites is 1. The lowest BCUT2D eigenvalue weighted by Gasteiger charge is -2.16. The molecule has 0 saturated carbocycles. The minimum absolute atomic E-state index is 0.0526. The first-order valence-electron chi connectivity index (χ1n) is 14.2. The number of benzene rings is 2. The molecule has 200 valence electrons. The van der Waals surface area contributed by atoms with Crippen LogP contribution in [-0.2, 0) is 32.1 Å². The Hall–Kier alpha value is -4.51. The van der Waals surface area contributed by atoms with Crippen molar-refractivity contribution in [2.45, 2.75) is 52.4 Å². The number of aromatic nitrogens is 3. The van der Waals surface area contributed by atoms with E-state index in [4.69, 9.17) is 0 Å². The van der Waals surface area contributed by atoms with E-state index in [0.29, 0.717) is 17.1 Å². The Bertz CT molecular complexity index is 1770. The molecule has 0 radical (unpaired) electrons. The monoisotopic (exact) mass is 526 g/mol. The van der Waals surface area contributed by atoms with Crippen LogP contribution in [0.3, 0.4) is 0 Å². The second kappa shape index (κ2) is 10.9. The molecule has 6 rings (SSSR count). The summed E-state index contributed by atoms with van der Waals surface area (Å²) in [5.74, 6) is 0.667. The minimum Gasteiger partial charge on any atom is -0.340 e. The highest BCUT2D eigenvalue weighted by molar-refractivity contribution is 5.84. The van der Waals surface area contributed by atoms with Gasteiger partial charge in [-0.2, -0.15) is 0 Å². The molecule has 2 aromatic carbocycles. The number of fused-ring (bicyclic) bond motifs is 2. The van der Waals surface area contributed by atoms with Crippen LogP contribution in [0.15, 0.2) is 90.5 Å². The fourth-order valence-electron chi connectivity index (χ4n) is 5.90. The first-order chi connectivity index (χ1) is 19.6. The molecule has 0 aliphatic heterocycles. The Labute approximate surface area is 235 Å². The van der Waals surface area contributed by atoms with Crippen LogP contribution >= 0.6 is 0 Å². The van der Waals surface area contributed by atoms with Crippen LogP contribution in [-0.4, -0.2) is 14.5 Å². The number of anilines is 1. The predicted molar refractivity (Wildman–Crippen MR) is 164 cm³/mol. The van der Waals surface area contributed by atoms with Gasteiger partial charge in [-0.05, 0) is 109 Å². The zero-order chi connectivity index (χ0) is 27.6. The zero-order valence-electron chi connectivity index (χ0n) is 23.2. The number of pyridine rings is 3. The third-order valence-electron chi connectivity index (χ3n) is 8.01. The highest BCUT2D eigenvalue weighted by Crippen LogP contribution is 2.27. The minimum atomic E-state index is -0.0526. The summed E-state index contributed by atoms with van der Waals surface area (Å²) < 4.78 is 1.85. The molecule has 3 heterocycles. The van der Waals surface area contributed by atoms with Gasteiger partial charge in [0.2, 0.25) is 0 Å². The van der Waals surface area contributed by atoms with E-state index in [1.165, 1.54) is 27.6 Å². The number of hydrogen-bond acceptors (Lipinski definition) is 4. The van der Waals surface area contributed by atoms with Crippen molar-refractivity contribution in [1.82, 2.24) is 14.5 Å². The van der Waals surface area contributed by atoms with E-state index in [1.807, 2.05) is 59.4 Å². The maximum absolute atomic E-state index is 13.6. The quantitative estimate of drug-likeness (QED) is 0.235. The molecule has 40 heavy (non-hydrogen) atoms. The topological polar surface area (TPSA) is 59.8 Å². The van der Waals surface area contributed by atoms with Crippen molar-refractivity contribution in [2.75, 3.05) is 5.32 Å². The van der Waals surface area contributed by atoms with Crippen molar-refractivity contribution >= 4 is 22.4 Å². The Morgan fingerprint density at radius 2 is 1.73 bits per heavy atom. The van der Waals surface area contributed by atoms with E-state index in [0.717, 1.165) is 61.0 Å². The van der Waals surface area contributed by atoms with Crippen molar-refractivity contribution in [3.05, 3.63) is 135 Å². The van der Waals surface area contributed by atoms with Crippen molar-refractivity contribution < 1.29 is 0 Å². The van der Waals surface area contributed by atoms with Gasteiger partial charge < -0.3 is 5.32 Å². The van der Waals surface area contributed by atoms with Crippen LogP contribution in [0.1, 0.15) is 59.3 Å². The summed E-state index contributed by atoms with van der Waals surface area (Å²) >= 11 is 0. The van der Waals surface area contributed by atoms with Gasteiger partial charge in [0.05, 0.1) is 11.1 Å². The van der Waals surface area contributed by atoms with Gasteiger partial charge in [-0.25, -0.2) is 4.98 Å². The normalized spacial score (nSPS) is 12.4. The predicted octanol–water partition coefficient (Wildman–Crippen LogP) is 7.07. The van der Waals surface area contributed by atoms with E-state index in [9.17, 15) is 4.79 Å². The standard InChI is InChI=1S/C35H34N4O/c1-4-25-19-31-27(16-17-36-32(31)21-26(25)5-2)18-24-14-15-34(37-22-24)38-23(3)30-20-28-10-9-13-33(28)39(35(30)40)29-11-7-6-8-12-29/h6-8,11-12,14-17,19-22H,3-5,9-10,13,18H2,1-2H3,(H,37,38). The summed E-state index contributed by atoms with van der Waals surface area (Å²) in [6.45, 7) is 8.63. The van der Waals surface area contributed by atoms with Crippen molar-refractivity contribution in [1.29, 1.82) is 0 Å². The van der Waals surface area contributed by atoms with Gasteiger partial charge in [0.1, 0.15) is 5.82 Å². The van der Waals surface area contributed by atoms with Gasteiger partial charge in [0, 0.05) is 34.9 Å². The summed E-state index contributed by atoms with van der Waals surface area (Å²) in [6.07, 6.45) is 9.53. The van der Waals surface area contributed by atoms with Crippen LogP contribution in [0.25, 0.3) is 22.3 Å². The number of nitrogens with one attached hydrogen (secondary N) is 1. The highest BCUT2D eigenvalue weighted by Gasteiger charge is 2.21. The van der Waals surface area contributed by atoms with E-state index in [2.05, 4.69) is 60.0 Å². The van der Waals surface area contributed by atoms with Crippen molar-refractivity contribution in [3.8, 4) is 5.69 Å². The second-order valence-corrected chi connectivity index (χ2v) is 10.5. The van der Waals surface area contributed by atoms with Gasteiger partial charge in [0.15, 0.2) is 0 Å². The Morgan fingerprint density at radius 1 is 0.925 bits per heavy atom. The van der Waals surface area contributed by atoms with Crippen molar-refractivity contribution in [3.63, 3.8) is 0 Å². The highest BCUT2D eigenvalue weighted by atomic mass is 16.1. The molecule has 0 atom stereocenters. The first-order valence-corrected chi connectivity index (χ1v) is 14.2. The molecule has 0 amide bonds. The summed E-state index contributed by atoms with van der Waals surface area (Å²) in [7, 11) is 0. The van der Waals surface area contributed by atoms with Gasteiger partial charge in [-0.15, -0.1) is 0 Å². The molecular weight excluding hydrogens is 492 g/mol. The van der Waals surface area contributed by atoms with Crippen molar-refractivity contribution in [2.24, 2.45) is 0 Å². The number of nitrogens with zero attached hydrogens (tertiary/aromatic N) is 3. The molecule has 0 saturated heterocycles. The molecule has 1 aliphatic rings. The maximum atomic E-state index is 13.6. The smallest absolute Gasteiger partial charge is 0.264 e. The Kier molecular flexibility index (Phi) is 7.04. The molecule has 0 spiro atoms. The average molecular weight is 527 g/mol. The summed E-state index contributed by atoms with van der Waals surface area (Å²) in [4.78, 5) is 23.0. The molecule has 0 bridgehead atoms. The molecule has 5 aromatic rings. The van der Waals surface area contributed by atoms with Crippen LogP contribution in [0, 0.1) is 0 Å². The lowest BCUT2D eigenvalue weighted by atomic mass is 9.96. The summed E-state index contributed by atoms with van der Waals surface area (Å²) in [6, 6.07) is 22.6. The number of rotatable bonds is 8. The van der Waals surface area contributed by atoms with Gasteiger partial charge >= 0.3 is 0 Å². The third-order valence-corrected chi connectivity index (χ3v) is 8.01. The van der Waals surface area contributed by atoms with Gasteiger partial charge in [-0.1, -0.05) is 44.7 Å². The third kappa shape index (κ3) is 4.84. The SMILES string of the molecule is C=C(Nc1ccc(Cc2ccnc3cc(CC)c(CC)cc23)cn1)c1cc2c(n(-c3ccccc3)c1=O)CCC2. The van der Waals surface area contributed by atoms with E-state index in [1.54, 1.807) is 0 Å². The van der Waals surface area contributed by atoms with Gasteiger partial charge in [0.25, 0.3) is 5.56 Å². The fourth-order valence-corrected chi connectivity index (χ4v) is 5.90. The molecule has 5 nitrogen and oxygen atoms in total. The molecular formula is C35H34N4O. The van der Waals surface area contributed by atoms with Crippen LogP contribution in [0.5, 0.6) is 0 Å². The molecule has 1 N–H and O–H groups in total. The molecule has 5 heteroatoms. The molecule has 3 aromatic heterocycles. The van der Waals surface area contributed by atoms with E-state index >= 15 is 0 Å². The molecule has 0 fully saturated rings. The van der Waals surface area contributed by atoms with Crippen LogP contribution < -0.4 is 10.9 Å². The lowest BCUT2D eigenvalue weighted by Crippen LogP contribution is -2.26. The number of aryl methyl sites for hydroxylation is 3. The van der Waals surface area contributed by atoms with Crippen LogP contribution in [0.4, 0.5) is 5.82 Å². The van der Waals surface area contributed by atoms with E-state index in [-0.39, 0.29) is 5.56 Å². The maximum Gasteiger partial charge on any atom is 0.264 e. The second-order valence-electron chi connectivity index (χ2n) is 10.5. The first kappa shape index (κ1) is 25.8. The summed E-state index contributed by atoms with van der Waals surface area (Å²) in [5.41, 5.74) is 10.5. The average Bonchev–Trinajstić information content (AvgIpc) is 3.46. The molecule has 0 unspecified atom stereocenters. The summed E-state index contributed by atoms with van der Waals surface area (Å²) in [5, 5.41) is 4.50. The largest absolute Gasteiger partial charge is 0.340 e. The zero-order valence-corrected chi connectivity index (χ0v) is 23.2. The molecule has 1 aliphatic carbocycles. The van der Waals surface area contributed by atoms with Gasteiger partial charge in [-0.3, -0.25) is 14.3 Å². The Morgan fingerprint density at radius 3 is 2.48 bits per heavy atom. The Balaban J connectivity index is 1.25. The fraction of sp³-hybridized carbons (Fsp3) is 0.229.